The molecule has 3 heteroatoms. The summed E-state index contributed by atoms with van der Waals surface area (Å²) in [5.41, 5.74) is 1.37. The number of thioether (sulfide) groups is 1. The Morgan fingerprint density at radius 1 is 1.29 bits per heavy atom. The van der Waals surface area contributed by atoms with Crippen LogP contribution in [0.3, 0.4) is 0 Å². The van der Waals surface area contributed by atoms with Gasteiger partial charge in [-0.1, -0.05) is 19.1 Å². The number of ether oxygens (including phenoxy) is 1. The van der Waals surface area contributed by atoms with Gasteiger partial charge in [0.25, 0.3) is 0 Å². The summed E-state index contributed by atoms with van der Waals surface area (Å²) in [5.74, 6) is 4.52. The first-order valence-electron chi connectivity index (χ1n) is 8.26. The van der Waals surface area contributed by atoms with E-state index in [2.05, 4.69) is 62.1 Å². The molecular weight excluding hydrogens is 278 g/mol. The lowest BCUT2D eigenvalue weighted by Crippen LogP contribution is -2.25. The van der Waals surface area contributed by atoms with Crippen molar-refractivity contribution < 1.29 is 4.74 Å². The standard InChI is InChI=1S/C18H29NOS/c1-4-19-18(12-15-8-10-21-11-9-15)16-6-5-7-17(13-16)20-14(2)3/h5-7,13-15,18-19H,4,8-12H2,1-3H3. The van der Waals surface area contributed by atoms with Crippen LogP contribution in [0.2, 0.25) is 0 Å². The molecule has 1 fully saturated rings. The van der Waals surface area contributed by atoms with E-state index in [4.69, 9.17) is 4.74 Å². The van der Waals surface area contributed by atoms with Gasteiger partial charge in [0.05, 0.1) is 6.10 Å². The van der Waals surface area contributed by atoms with Crippen molar-refractivity contribution in [2.75, 3.05) is 18.1 Å². The van der Waals surface area contributed by atoms with Gasteiger partial charge in [0.2, 0.25) is 0 Å². The van der Waals surface area contributed by atoms with Gasteiger partial charge in [0, 0.05) is 6.04 Å². The van der Waals surface area contributed by atoms with Crippen LogP contribution in [0.25, 0.3) is 0 Å². The van der Waals surface area contributed by atoms with Crippen LogP contribution < -0.4 is 10.1 Å². The molecule has 1 atom stereocenters. The van der Waals surface area contributed by atoms with Crippen molar-refractivity contribution in [1.29, 1.82) is 0 Å². The molecule has 1 aliphatic heterocycles. The zero-order valence-electron chi connectivity index (χ0n) is 13.6. The van der Waals surface area contributed by atoms with Gasteiger partial charge in [0.15, 0.2) is 0 Å². The average molecular weight is 308 g/mol. The summed E-state index contributed by atoms with van der Waals surface area (Å²) in [5, 5.41) is 3.66. The van der Waals surface area contributed by atoms with E-state index in [0.717, 1.165) is 18.2 Å². The number of benzene rings is 1. The zero-order chi connectivity index (χ0) is 15.1. The third kappa shape index (κ3) is 5.55. The Kier molecular flexibility index (Phi) is 6.91. The zero-order valence-corrected chi connectivity index (χ0v) is 14.4. The Labute approximate surface area is 134 Å². The van der Waals surface area contributed by atoms with Crippen molar-refractivity contribution >= 4 is 11.8 Å². The molecule has 1 aliphatic rings. The molecule has 21 heavy (non-hydrogen) atoms. The fourth-order valence-corrected chi connectivity index (χ4v) is 4.18. The van der Waals surface area contributed by atoms with E-state index in [1.54, 1.807) is 0 Å². The number of hydrogen-bond donors (Lipinski definition) is 1. The Morgan fingerprint density at radius 3 is 2.71 bits per heavy atom. The lowest BCUT2D eigenvalue weighted by Gasteiger charge is -2.27. The number of rotatable bonds is 7. The van der Waals surface area contributed by atoms with E-state index in [0.29, 0.717) is 6.04 Å². The lowest BCUT2D eigenvalue weighted by atomic mass is 9.90. The van der Waals surface area contributed by atoms with Gasteiger partial charge in [0.1, 0.15) is 5.75 Å². The maximum atomic E-state index is 5.84. The molecule has 118 valence electrons. The summed E-state index contributed by atoms with van der Waals surface area (Å²) in [4.78, 5) is 0. The van der Waals surface area contributed by atoms with Crippen LogP contribution in [0.15, 0.2) is 24.3 Å². The molecular formula is C18H29NOS. The largest absolute Gasteiger partial charge is 0.491 e. The number of nitrogens with one attached hydrogen (secondary N) is 1. The molecule has 0 radical (unpaired) electrons. The summed E-state index contributed by atoms with van der Waals surface area (Å²) < 4.78 is 5.84. The first kappa shape index (κ1) is 16.7. The predicted octanol–water partition coefficient (Wildman–Crippen LogP) is 4.66. The van der Waals surface area contributed by atoms with Gasteiger partial charge in [-0.25, -0.2) is 0 Å². The van der Waals surface area contributed by atoms with E-state index >= 15 is 0 Å². The minimum atomic E-state index is 0.230. The highest BCUT2D eigenvalue weighted by Crippen LogP contribution is 2.32. The highest BCUT2D eigenvalue weighted by molar-refractivity contribution is 7.99. The Hall–Kier alpha value is -0.670. The van der Waals surface area contributed by atoms with Gasteiger partial charge in [-0.15, -0.1) is 0 Å². The molecule has 2 rings (SSSR count). The molecule has 1 heterocycles. The van der Waals surface area contributed by atoms with Crippen molar-refractivity contribution in [2.24, 2.45) is 5.92 Å². The predicted molar refractivity (Wildman–Crippen MR) is 93.3 cm³/mol. The van der Waals surface area contributed by atoms with Gasteiger partial charge in [-0.2, -0.15) is 11.8 Å². The second-order valence-electron chi connectivity index (χ2n) is 6.14. The summed E-state index contributed by atoms with van der Waals surface area (Å²) in [6.45, 7) is 7.36. The van der Waals surface area contributed by atoms with Crippen LogP contribution in [0.1, 0.15) is 51.6 Å². The highest BCUT2D eigenvalue weighted by atomic mass is 32.2. The minimum absolute atomic E-state index is 0.230. The normalized spacial score (nSPS) is 17.9. The molecule has 1 unspecified atom stereocenters. The molecule has 0 amide bonds. The quantitative estimate of drug-likeness (QED) is 0.792. The smallest absolute Gasteiger partial charge is 0.120 e. The van der Waals surface area contributed by atoms with Crippen molar-refractivity contribution in [2.45, 2.75) is 52.2 Å². The Morgan fingerprint density at radius 2 is 2.05 bits per heavy atom. The van der Waals surface area contributed by atoms with Crippen LogP contribution in [-0.2, 0) is 0 Å². The van der Waals surface area contributed by atoms with E-state index in [1.165, 1.54) is 36.3 Å². The highest BCUT2D eigenvalue weighted by Gasteiger charge is 2.20. The van der Waals surface area contributed by atoms with Gasteiger partial charge in [-0.3, -0.25) is 0 Å². The fourth-order valence-electron chi connectivity index (χ4n) is 2.98. The van der Waals surface area contributed by atoms with E-state index < -0.39 is 0 Å². The lowest BCUT2D eigenvalue weighted by molar-refractivity contribution is 0.242. The maximum Gasteiger partial charge on any atom is 0.120 e. The monoisotopic (exact) mass is 307 g/mol. The molecule has 0 saturated carbocycles. The van der Waals surface area contributed by atoms with Crippen molar-refractivity contribution in [3.63, 3.8) is 0 Å². The van der Waals surface area contributed by atoms with Crippen LogP contribution in [-0.4, -0.2) is 24.2 Å². The van der Waals surface area contributed by atoms with Crippen LogP contribution >= 0.6 is 11.8 Å². The van der Waals surface area contributed by atoms with E-state index in [-0.39, 0.29) is 6.10 Å². The second-order valence-corrected chi connectivity index (χ2v) is 7.37. The summed E-state index contributed by atoms with van der Waals surface area (Å²) >= 11 is 2.10. The molecule has 1 aromatic carbocycles. The topological polar surface area (TPSA) is 21.3 Å². The Bertz CT molecular complexity index is 415. The molecule has 1 aromatic rings. The Balaban J connectivity index is 2.05. The molecule has 0 aromatic heterocycles. The minimum Gasteiger partial charge on any atom is -0.491 e. The van der Waals surface area contributed by atoms with Gasteiger partial charge >= 0.3 is 0 Å². The third-order valence-electron chi connectivity index (χ3n) is 3.99. The van der Waals surface area contributed by atoms with E-state index in [1.807, 2.05) is 0 Å². The van der Waals surface area contributed by atoms with Crippen LogP contribution in [0.5, 0.6) is 5.75 Å². The molecule has 1 saturated heterocycles. The molecule has 2 nitrogen and oxygen atoms in total. The van der Waals surface area contributed by atoms with Crippen LogP contribution in [0, 0.1) is 5.92 Å². The van der Waals surface area contributed by atoms with E-state index in [9.17, 15) is 0 Å². The third-order valence-corrected chi connectivity index (χ3v) is 5.04. The molecule has 0 aliphatic carbocycles. The maximum absolute atomic E-state index is 5.84. The van der Waals surface area contributed by atoms with Crippen LogP contribution in [0.4, 0.5) is 0 Å². The molecule has 1 N–H and O–H groups in total. The van der Waals surface area contributed by atoms with Gasteiger partial charge < -0.3 is 10.1 Å². The van der Waals surface area contributed by atoms with Gasteiger partial charge in [-0.05, 0) is 74.8 Å². The summed E-state index contributed by atoms with van der Waals surface area (Å²) in [6.07, 6.45) is 4.22. The number of hydrogen-bond acceptors (Lipinski definition) is 3. The summed E-state index contributed by atoms with van der Waals surface area (Å²) in [7, 11) is 0. The van der Waals surface area contributed by atoms with Crippen molar-refractivity contribution in [3.05, 3.63) is 29.8 Å². The van der Waals surface area contributed by atoms with Crippen molar-refractivity contribution in [1.82, 2.24) is 5.32 Å². The first-order chi connectivity index (χ1) is 10.2. The average Bonchev–Trinajstić information content (AvgIpc) is 2.47. The van der Waals surface area contributed by atoms with Crippen molar-refractivity contribution in [3.8, 4) is 5.75 Å². The SMILES string of the molecule is CCNC(CC1CCSCC1)c1cccc(OC(C)C)c1. The fraction of sp³-hybridized carbons (Fsp3) is 0.667. The first-order valence-corrected chi connectivity index (χ1v) is 9.42. The second kappa shape index (κ2) is 8.70. The summed E-state index contributed by atoms with van der Waals surface area (Å²) in [6, 6.07) is 9.08. The molecule has 0 bridgehead atoms. The molecule has 0 spiro atoms.